The molecule has 2 nitrogen and oxygen atoms in total. The van der Waals surface area contributed by atoms with Crippen LogP contribution in [-0.4, -0.2) is 11.5 Å². The van der Waals surface area contributed by atoms with Gasteiger partial charge in [0.2, 0.25) is 0 Å². The molecule has 1 heterocycles. The molecule has 1 aromatic heterocycles. The molecule has 0 spiro atoms. The van der Waals surface area contributed by atoms with Gasteiger partial charge in [0, 0.05) is 17.2 Å². The van der Waals surface area contributed by atoms with Crippen LogP contribution in [0.3, 0.4) is 0 Å². The summed E-state index contributed by atoms with van der Waals surface area (Å²) in [5, 5.41) is 3.37. The van der Waals surface area contributed by atoms with E-state index < -0.39 is 0 Å². The van der Waals surface area contributed by atoms with Crippen molar-refractivity contribution in [2.75, 3.05) is 11.9 Å². The third-order valence-corrected chi connectivity index (χ3v) is 2.68. The van der Waals surface area contributed by atoms with E-state index >= 15 is 0 Å². The van der Waals surface area contributed by atoms with Crippen LogP contribution in [0.4, 0.5) is 5.69 Å². The molecule has 0 aliphatic carbocycles. The number of nitrogens with zero attached hydrogens (tertiary/aromatic N) is 1. The number of halogens is 1. The monoisotopic (exact) mass is 270 g/mol. The van der Waals surface area contributed by atoms with Crippen LogP contribution in [-0.2, 0) is 0 Å². The predicted molar refractivity (Wildman–Crippen MR) is 69.1 cm³/mol. The van der Waals surface area contributed by atoms with Crippen LogP contribution in [0.1, 0.15) is 33.1 Å². The van der Waals surface area contributed by atoms with E-state index in [1.165, 1.54) is 19.3 Å². The summed E-state index contributed by atoms with van der Waals surface area (Å²) in [7, 11) is 0. The largest absolute Gasteiger partial charge is 0.384 e. The third-order valence-electron chi connectivity index (χ3n) is 2.24. The summed E-state index contributed by atoms with van der Waals surface area (Å²) >= 11 is 3.40. The summed E-state index contributed by atoms with van der Waals surface area (Å²) in [6.07, 6.45) is 7.49. The summed E-state index contributed by atoms with van der Waals surface area (Å²) in [5.74, 6) is 0.817. The smallest absolute Gasteiger partial charge is 0.0538 e. The van der Waals surface area contributed by atoms with Gasteiger partial charge in [0.05, 0.1) is 11.9 Å². The first-order valence-corrected chi connectivity index (χ1v) is 6.32. The number of aromatic nitrogens is 1. The molecule has 0 saturated heterocycles. The quantitative estimate of drug-likeness (QED) is 0.788. The highest BCUT2D eigenvalue weighted by Gasteiger charge is 1.95. The number of pyridine rings is 1. The number of hydrogen-bond acceptors (Lipinski definition) is 2. The number of unbranched alkanes of at least 4 members (excludes halogenated alkanes) is 1. The van der Waals surface area contributed by atoms with Gasteiger partial charge in [0.15, 0.2) is 0 Å². The third kappa shape index (κ3) is 5.78. The second-order valence-corrected chi connectivity index (χ2v) is 5.12. The first kappa shape index (κ1) is 12.5. The van der Waals surface area contributed by atoms with Gasteiger partial charge in [0.1, 0.15) is 0 Å². The zero-order chi connectivity index (χ0) is 11.1. The molecule has 0 atom stereocenters. The lowest BCUT2D eigenvalue weighted by atomic mass is 10.1. The molecule has 3 heteroatoms. The Morgan fingerprint density at radius 2 is 2.13 bits per heavy atom. The lowest BCUT2D eigenvalue weighted by molar-refractivity contribution is 0.545. The summed E-state index contributed by atoms with van der Waals surface area (Å²) in [6.45, 7) is 5.57. The van der Waals surface area contributed by atoms with E-state index in [4.69, 9.17) is 0 Å². The van der Waals surface area contributed by atoms with Crippen LogP contribution < -0.4 is 5.32 Å². The zero-order valence-corrected chi connectivity index (χ0v) is 11.0. The van der Waals surface area contributed by atoms with Crippen molar-refractivity contribution in [1.82, 2.24) is 4.98 Å². The molecule has 0 aromatic carbocycles. The second kappa shape index (κ2) is 6.83. The van der Waals surface area contributed by atoms with Crippen LogP contribution in [0.15, 0.2) is 22.9 Å². The van der Waals surface area contributed by atoms with Gasteiger partial charge in [-0.3, -0.25) is 4.98 Å². The van der Waals surface area contributed by atoms with Gasteiger partial charge >= 0.3 is 0 Å². The maximum absolute atomic E-state index is 4.10. The molecule has 0 radical (unpaired) electrons. The topological polar surface area (TPSA) is 24.9 Å². The molecule has 84 valence electrons. The van der Waals surface area contributed by atoms with Gasteiger partial charge in [0.25, 0.3) is 0 Å². The SMILES string of the molecule is CC(C)CCCCNc1cncc(Br)c1. The van der Waals surface area contributed by atoms with Crippen LogP contribution in [0.25, 0.3) is 0 Å². The highest BCUT2D eigenvalue weighted by atomic mass is 79.9. The minimum atomic E-state index is 0.817. The first-order chi connectivity index (χ1) is 7.18. The molecule has 0 unspecified atom stereocenters. The Labute approximate surface area is 101 Å². The molecular formula is C12H19BrN2. The molecule has 0 bridgehead atoms. The Hall–Kier alpha value is -0.570. The van der Waals surface area contributed by atoms with Crippen molar-refractivity contribution < 1.29 is 0 Å². The van der Waals surface area contributed by atoms with Crippen molar-refractivity contribution in [3.8, 4) is 0 Å². The van der Waals surface area contributed by atoms with Crippen molar-refractivity contribution in [3.63, 3.8) is 0 Å². The average molecular weight is 271 g/mol. The lowest BCUT2D eigenvalue weighted by Crippen LogP contribution is -2.02. The fraction of sp³-hybridized carbons (Fsp3) is 0.583. The predicted octanol–water partition coefficient (Wildman–Crippen LogP) is 4.08. The van der Waals surface area contributed by atoms with Crippen molar-refractivity contribution >= 4 is 21.6 Å². The molecule has 0 fully saturated rings. The Kier molecular flexibility index (Phi) is 5.69. The van der Waals surface area contributed by atoms with Crippen LogP contribution >= 0.6 is 15.9 Å². The van der Waals surface area contributed by atoms with Gasteiger partial charge in [-0.1, -0.05) is 26.7 Å². The number of rotatable bonds is 6. The van der Waals surface area contributed by atoms with Crippen LogP contribution in [0.5, 0.6) is 0 Å². The van der Waals surface area contributed by atoms with Gasteiger partial charge in [-0.25, -0.2) is 0 Å². The van der Waals surface area contributed by atoms with E-state index in [0.717, 1.165) is 22.6 Å². The highest BCUT2D eigenvalue weighted by Crippen LogP contribution is 2.14. The zero-order valence-electron chi connectivity index (χ0n) is 9.46. The van der Waals surface area contributed by atoms with Crippen LogP contribution in [0, 0.1) is 5.92 Å². The van der Waals surface area contributed by atoms with Gasteiger partial charge in [-0.2, -0.15) is 0 Å². The van der Waals surface area contributed by atoms with E-state index in [-0.39, 0.29) is 0 Å². The first-order valence-electron chi connectivity index (χ1n) is 5.53. The number of nitrogens with one attached hydrogen (secondary N) is 1. The Bertz CT molecular complexity index is 287. The molecule has 1 aromatic rings. The Morgan fingerprint density at radius 1 is 1.33 bits per heavy atom. The maximum atomic E-state index is 4.10. The van der Waals surface area contributed by atoms with E-state index in [9.17, 15) is 0 Å². The molecule has 15 heavy (non-hydrogen) atoms. The van der Waals surface area contributed by atoms with Gasteiger partial charge < -0.3 is 5.32 Å². The summed E-state index contributed by atoms with van der Waals surface area (Å²) in [4.78, 5) is 4.10. The van der Waals surface area contributed by atoms with Crippen molar-refractivity contribution in [2.45, 2.75) is 33.1 Å². The maximum Gasteiger partial charge on any atom is 0.0538 e. The van der Waals surface area contributed by atoms with Crippen molar-refractivity contribution in [2.24, 2.45) is 5.92 Å². The Balaban J connectivity index is 2.15. The van der Waals surface area contributed by atoms with Crippen LogP contribution in [0.2, 0.25) is 0 Å². The van der Waals surface area contributed by atoms with Crippen molar-refractivity contribution in [1.29, 1.82) is 0 Å². The summed E-state index contributed by atoms with van der Waals surface area (Å²) in [6, 6.07) is 2.05. The number of hydrogen-bond donors (Lipinski definition) is 1. The molecule has 1 rings (SSSR count). The summed E-state index contributed by atoms with van der Waals surface area (Å²) < 4.78 is 1.02. The molecular weight excluding hydrogens is 252 g/mol. The molecule has 1 N–H and O–H groups in total. The second-order valence-electron chi connectivity index (χ2n) is 4.21. The van der Waals surface area contributed by atoms with E-state index in [2.05, 4.69) is 46.1 Å². The fourth-order valence-electron chi connectivity index (χ4n) is 1.42. The van der Waals surface area contributed by atoms with Gasteiger partial charge in [-0.15, -0.1) is 0 Å². The normalized spacial score (nSPS) is 10.7. The Morgan fingerprint density at radius 3 is 2.80 bits per heavy atom. The van der Waals surface area contributed by atoms with E-state index in [0.29, 0.717) is 0 Å². The molecule has 0 saturated carbocycles. The molecule has 0 amide bonds. The average Bonchev–Trinajstić information content (AvgIpc) is 2.17. The molecule has 0 aliphatic heterocycles. The minimum Gasteiger partial charge on any atom is -0.384 e. The number of anilines is 1. The highest BCUT2D eigenvalue weighted by molar-refractivity contribution is 9.10. The van der Waals surface area contributed by atoms with Crippen molar-refractivity contribution in [3.05, 3.63) is 22.9 Å². The molecule has 0 aliphatic rings. The van der Waals surface area contributed by atoms with E-state index in [1.807, 2.05) is 6.20 Å². The standard InChI is InChI=1S/C12H19BrN2/c1-10(2)5-3-4-6-15-12-7-11(13)8-14-9-12/h7-10,15H,3-6H2,1-2H3. The fourth-order valence-corrected chi connectivity index (χ4v) is 1.78. The lowest BCUT2D eigenvalue weighted by Gasteiger charge is -2.07. The minimum absolute atomic E-state index is 0.817. The van der Waals surface area contributed by atoms with Gasteiger partial charge in [-0.05, 0) is 34.3 Å². The summed E-state index contributed by atoms with van der Waals surface area (Å²) in [5.41, 5.74) is 1.09. The van der Waals surface area contributed by atoms with E-state index in [1.54, 1.807) is 6.20 Å².